The van der Waals surface area contributed by atoms with Gasteiger partial charge in [0.05, 0.1) is 11.8 Å². The molecule has 0 spiro atoms. The van der Waals surface area contributed by atoms with Crippen molar-refractivity contribution in [3.63, 3.8) is 0 Å². The van der Waals surface area contributed by atoms with Gasteiger partial charge in [0.2, 0.25) is 0 Å². The van der Waals surface area contributed by atoms with Crippen molar-refractivity contribution in [1.29, 1.82) is 0 Å². The standard InChI is InChI=1S/C16H8/c1(3-9-15-11-5-6-12-15)2-4-10-16-13-7-8-14-16/h5-8,11-14H. The van der Waals surface area contributed by atoms with E-state index in [-0.39, 0.29) is 0 Å². The van der Waals surface area contributed by atoms with Crippen LogP contribution in [-0.4, -0.2) is 0 Å². The van der Waals surface area contributed by atoms with Crippen LogP contribution in [0.3, 0.4) is 0 Å². The van der Waals surface area contributed by atoms with Crippen molar-refractivity contribution in [3.8, 4) is 35.5 Å². The lowest BCUT2D eigenvalue weighted by Crippen LogP contribution is -1.84. The van der Waals surface area contributed by atoms with Gasteiger partial charge in [-0.25, -0.2) is 0 Å². The van der Waals surface area contributed by atoms with Crippen LogP contribution in [0.4, 0.5) is 0 Å². The molecule has 0 unspecified atom stereocenters. The van der Waals surface area contributed by atoms with E-state index in [0.29, 0.717) is 0 Å². The lowest BCUT2D eigenvalue weighted by atomic mass is 10.1. The summed E-state index contributed by atoms with van der Waals surface area (Å²) in [5.74, 6) is 18.7. The molecule has 0 amide bonds. The third-order valence-electron chi connectivity index (χ3n) is 1.93. The third-order valence-corrected chi connectivity index (χ3v) is 1.93. The summed E-state index contributed by atoms with van der Waals surface area (Å²) in [7, 11) is 0. The normalized spacial score (nSPS) is 20.2. The molecule has 0 aliphatic heterocycles. The van der Waals surface area contributed by atoms with Crippen molar-refractivity contribution in [1.82, 2.24) is 0 Å². The maximum atomic E-state index is 2.93. The van der Waals surface area contributed by atoms with Crippen molar-refractivity contribution in [2.45, 2.75) is 0 Å². The Morgan fingerprint density at radius 2 is 0.875 bits per heavy atom. The maximum absolute atomic E-state index is 2.93. The highest BCUT2D eigenvalue weighted by Gasteiger charge is 2.14. The summed E-state index contributed by atoms with van der Waals surface area (Å²) >= 11 is 0. The van der Waals surface area contributed by atoms with Crippen molar-refractivity contribution in [3.05, 3.63) is 63.2 Å². The molecule has 72 valence electrons. The Hall–Kier alpha value is -1.32. The van der Waals surface area contributed by atoms with E-state index in [9.17, 15) is 0 Å². The molecular formula is C16H8. The third kappa shape index (κ3) is 3.68. The summed E-state index contributed by atoms with van der Waals surface area (Å²) in [4.78, 5) is 0. The summed E-state index contributed by atoms with van der Waals surface area (Å²) in [6.07, 6.45) is 15.6. The molecule has 0 atom stereocenters. The quantitative estimate of drug-likeness (QED) is 0.523. The lowest BCUT2D eigenvalue weighted by Gasteiger charge is -1.90. The Morgan fingerprint density at radius 1 is 0.500 bits per heavy atom. The lowest BCUT2D eigenvalue weighted by molar-refractivity contribution is 1.43. The van der Waals surface area contributed by atoms with E-state index in [4.69, 9.17) is 0 Å². The summed E-state index contributed by atoms with van der Waals surface area (Å²) in [5.41, 5.74) is 0. The van der Waals surface area contributed by atoms with E-state index in [0.717, 1.165) is 11.8 Å². The van der Waals surface area contributed by atoms with Crippen LogP contribution in [0.2, 0.25) is 0 Å². The molecule has 0 bridgehead atoms. The minimum Gasteiger partial charge on any atom is -0.0800 e. The largest absolute Gasteiger partial charge is 0.0800 e. The van der Waals surface area contributed by atoms with Crippen LogP contribution in [0.25, 0.3) is 0 Å². The first-order chi connectivity index (χ1) is 7.95. The van der Waals surface area contributed by atoms with E-state index in [2.05, 4.69) is 35.5 Å². The molecule has 16 heavy (non-hydrogen) atoms. The molecule has 0 saturated heterocycles. The first-order valence-electron chi connectivity index (χ1n) is 4.90. The zero-order valence-corrected chi connectivity index (χ0v) is 8.62. The summed E-state index contributed by atoms with van der Waals surface area (Å²) < 4.78 is 0. The molecular weight excluding hydrogens is 192 g/mol. The molecule has 0 aromatic rings. The highest BCUT2D eigenvalue weighted by molar-refractivity contribution is 5.52. The minimum absolute atomic E-state index is 0.985. The van der Waals surface area contributed by atoms with E-state index in [1.165, 1.54) is 0 Å². The molecule has 10 radical (unpaired) electrons. The number of hydrogen-bond acceptors (Lipinski definition) is 0. The fourth-order valence-corrected chi connectivity index (χ4v) is 1.18. The van der Waals surface area contributed by atoms with Crippen LogP contribution in [0.1, 0.15) is 0 Å². The molecule has 0 heteroatoms. The van der Waals surface area contributed by atoms with Crippen LogP contribution in [0.5, 0.6) is 0 Å². The van der Waals surface area contributed by atoms with Gasteiger partial charge >= 0.3 is 0 Å². The van der Waals surface area contributed by atoms with Gasteiger partial charge in [-0.15, -0.1) is 0 Å². The van der Waals surface area contributed by atoms with Crippen molar-refractivity contribution in [2.75, 3.05) is 0 Å². The topological polar surface area (TPSA) is 0 Å². The maximum Gasteiger partial charge on any atom is 0.0564 e. The van der Waals surface area contributed by atoms with Gasteiger partial charge in [-0.2, -0.15) is 0 Å². The first-order valence-corrected chi connectivity index (χ1v) is 4.90. The molecule has 0 heterocycles. The molecule has 2 aliphatic rings. The van der Waals surface area contributed by atoms with Gasteiger partial charge in [0.25, 0.3) is 0 Å². The van der Waals surface area contributed by atoms with Crippen LogP contribution < -0.4 is 0 Å². The summed E-state index contributed by atoms with van der Waals surface area (Å²) in [6.45, 7) is 0. The van der Waals surface area contributed by atoms with Crippen LogP contribution in [0.15, 0.2) is 0 Å². The van der Waals surface area contributed by atoms with Gasteiger partial charge < -0.3 is 0 Å². The van der Waals surface area contributed by atoms with Gasteiger partial charge in [-0.1, -0.05) is 11.8 Å². The van der Waals surface area contributed by atoms with Gasteiger partial charge in [-0.05, 0) is 75.0 Å². The van der Waals surface area contributed by atoms with Gasteiger partial charge in [-0.3, -0.25) is 0 Å². The summed E-state index contributed by atoms with van der Waals surface area (Å²) in [5, 5.41) is 0. The number of rotatable bonds is 0. The molecule has 2 saturated carbocycles. The van der Waals surface area contributed by atoms with Gasteiger partial charge in [0.1, 0.15) is 0 Å². The average Bonchev–Trinajstić information content (AvgIpc) is 2.96. The Bertz CT molecular complexity index is 347. The van der Waals surface area contributed by atoms with Gasteiger partial charge in [0.15, 0.2) is 0 Å². The fourth-order valence-electron chi connectivity index (χ4n) is 1.18. The molecule has 2 fully saturated rings. The van der Waals surface area contributed by atoms with Crippen molar-refractivity contribution < 1.29 is 0 Å². The molecule has 0 aromatic heterocycles. The monoisotopic (exact) mass is 200 g/mol. The Kier molecular flexibility index (Phi) is 4.40. The van der Waals surface area contributed by atoms with Crippen molar-refractivity contribution >= 4 is 0 Å². The van der Waals surface area contributed by atoms with Crippen molar-refractivity contribution in [2.24, 2.45) is 0 Å². The predicted octanol–water partition coefficient (Wildman–Crippen LogP) is 1.81. The van der Waals surface area contributed by atoms with E-state index in [1.54, 1.807) is 0 Å². The average molecular weight is 200 g/mol. The number of hydrogen-bond donors (Lipinski definition) is 0. The van der Waals surface area contributed by atoms with Gasteiger partial charge in [0, 0.05) is 0 Å². The predicted molar refractivity (Wildman–Crippen MR) is 64.2 cm³/mol. The van der Waals surface area contributed by atoms with Crippen LogP contribution in [0, 0.1) is 98.7 Å². The van der Waals surface area contributed by atoms with E-state index >= 15 is 0 Å². The second-order valence-corrected chi connectivity index (χ2v) is 3.10. The zero-order valence-electron chi connectivity index (χ0n) is 8.62. The zero-order chi connectivity index (χ0) is 11.1. The highest BCUT2D eigenvalue weighted by Crippen LogP contribution is 2.21. The molecule has 0 aromatic carbocycles. The molecule has 2 aliphatic carbocycles. The van der Waals surface area contributed by atoms with Crippen LogP contribution >= 0.6 is 0 Å². The molecule has 0 N–H and O–H groups in total. The smallest absolute Gasteiger partial charge is 0.0564 e. The Balaban J connectivity index is 1.76. The Morgan fingerprint density at radius 3 is 1.25 bits per heavy atom. The molecule has 2 rings (SSSR count). The highest BCUT2D eigenvalue weighted by atomic mass is 14.2. The van der Waals surface area contributed by atoms with Crippen LogP contribution in [-0.2, 0) is 0 Å². The second-order valence-electron chi connectivity index (χ2n) is 3.10. The molecule has 0 nitrogen and oxygen atoms in total. The Labute approximate surface area is 99.2 Å². The van der Waals surface area contributed by atoms with E-state index in [1.807, 2.05) is 51.4 Å². The SMILES string of the molecule is C(#CC#C[C]1[CH][CH][CH][CH]1)C#C[C]1[CH][CH][CH][CH]1. The first kappa shape index (κ1) is 11.2. The summed E-state index contributed by atoms with van der Waals surface area (Å²) in [6, 6.07) is 0. The fraction of sp³-hybridized carbons (Fsp3) is 0. The minimum atomic E-state index is 0.985. The van der Waals surface area contributed by atoms with E-state index < -0.39 is 0 Å². The second kappa shape index (κ2) is 6.30.